The van der Waals surface area contributed by atoms with Crippen molar-refractivity contribution in [3.8, 4) is 0 Å². The number of nitrogens with one attached hydrogen (secondary N) is 1. The summed E-state index contributed by atoms with van der Waals surface area (Å²) < 4.78 is 0. The van der Waals surface area contributed by atoms with E-state index in [0.29, 0.717) is 11.9 Å². The smallest absolute Gasteiger partial charge is 0.326 e. The molecule has 2 heterocycles. The van der Waals surface area contributed by atoms with Gasteiger partial charge in [-0.1, -0.05) is 18.6 Å². The lowest BCUT2D eigenvalue weighted by atomic mass is 9.94. The number of carboxylic acid groups (broad SMARTS) is 1. The van der Waals surface area contributed by atoms with Crippen molar-refractivity contribution in [3.63, 3.8) is 0 Å². The highest BCUT2D eigenvalue weighted by molar-refractivity contribution is 6.01. The van der Waals surface area contributed by atoms with Gasteiger partial charge in [-0.05, 0) is 30.7 Å². The number of para-hydroxylation sites is 1. The van der Waals surface area contributed by atoms with E-state index in [1.165, 1.54) is 11.0 Å². The molecule has 1 aliphatic heterocycles. The zero-order valence-corrected chi connectivity index (χ0v) is 13.3. The number of benzene rings is 1. The van der Waals surface area contributed by atoms with Crippen LogP contribution in [0.15, 0.2) is 24.3 Å². The van der Waals surface area contributed by atoms with Crippen molar-refractivity contribution in [1.29, 1.82) is 0 Å². The van der Waals surface area contributed by atoms with Crippen molar-refractivity contribution >= 4 is 28.5 Å². The Morgan fingerprint density at radius 1 is 1.32 bits per heavy atom. The van der Waals surface area contributed by atoms with Gasteiger partial charge in [0.2, 0.25) is 0 Å². The number of fused-ring (bicyclic) bond motifs is 2. The second-order valence-corrected chi connectivity index (χ2v) is 6.78. The first-order valence-corrected chi connectivity index (χ1v) is 8.27. The van der Waals surface area contributed by atoms with Crippen LogP contribution in [0, 0.1) is 22.0 Å². The summed E-state index contributed by atoms with van der Waals surface area (Å²) in [6.07, 6.45) is 2.76. The second kappa shape index (κ2) is 5.58. The number of carbonyl (C=O) groups excluding carboxylic acids is 1. The number of hydrogen-bond donors (Lipinski definition) is 2. The van der Waals surface area contributed by atoms with Crippen molar-refractivity contribution in [2.75, 3.05) is 6.54 Å². The number of nitro benzene ring substituents is 1. The Bertz CT molecular complexity index is 890. The first kappa shape index (κ1) is 15.6. The molecule has 0 spiro atoms. The van der Waals surface area contributed by atoms with Gasteiger partial charge in [-0.15, -0.1) is 0 Å². The molecule has 1 amide bonds. The number of nitrogens with zero attached hydrogens (tertiary/aromatic N) is 2. The summed E-state index contributed by atoms with van der Waals surface area (Å²) in [5.74, 6) is -1.17. The van der Waals surface area contributed by atoms with Crippen LogP contribution in [-0.4, -0.2) is 44.4 Å². The lowest BCUT2D eigenvalue weighted by Crippen LogP contribution is -2.43. The Morgan fingerprint density at radius 3 is 2.84 bits per heavy atom. The molecule has 1 aliphatic carbocycles. The summed E-state index contributed by atoms with van der Waals surface area (Å²) in [6, 6.07) is 5.35. The number of non-ortho nitro benzene ring substituents is 1. The van der Waals surface area contributed by atoms with Gasteiger partial charge in [0.1, 0.15) is 17.3 Å². The maximum absolute atomic E-state index is 12.9. The van der Waals surface area contributed by atoms with Crippen LogP contribution in [0.4, 0.5) is 5.69 Å². The number of nitro groups is 1. The molecule has 130 valence electrons. The van der Waals surface area contributed by atoms with E-state index in [9.17, 15) is 24.8 Å². The molecule has 2 fully saturated rings. The highest BCUT2D eigenvalue weighted by Gasteiger charge is 2.49. The van der Waals surface area contributed by atoms with Crippen LogP contribution in [0.1, 0.15) is 29.8 Å². The Kier molecular flexibility index (Phi) is 3.48. The number of amides is 1. The van der Waals surface area contributed by atoms with Crippen LogP contribution in [0.2, 0.25) is 0 Å². The van der Waals surface area contributed by atoms with E-state index in [0.717, 1.165) is 19.3 Å². The van der Waals surface area contributed by atoms with Gasteiger partial charge in [-0.25, -0.2) is 4.79 Å². The van der Waals surface area contributed by atoms with Crippen LogP contribution in [0.3, 0.4) is 0 Å². The number of carbonyl (C=O) groups is 2. The fourth-order valence-corrected chi connectivity index (χ4v) is 4.39. The molecule has 0 bridgehead atoms. The zero-order chi connectivity index (χ0) is 17.7. The van der Waals surface area contributed by atoms with Crippen LogP contribution in [-0.2, 0) is 4.79 Å². The molecule has 2 aliphatic rings. The number of aromatic amines is 1. The van der Waals surface area contributed by atoms with Gasteiger partial charge < -0.3 is 15.0 Å². The molecule has 1 saturated heterocycles. The van der Waals surface area contributed by atoms with Gasteiger partial charge in [-0.2, -0.15) is 0 Å². The maximum atomic E-state index is 12.9. The number of hydrogen-bond acceptors (Lipinski definition) is 4. The Labute approximate surface area is 142 Å². The normalized spacial score (nSPS) is 25.3. The Morgan fingerprint density at radius 2 is 2.12 bits per heavy atom. The molecular weight excluding hydrogens is 326 g/mol. The topological polar surface area (TPSA) is 117 Å². The van der Waals surface area contributed by atoms with E-state index in [-0.39, 0.29) is 28.7 Å². The van der Waals surface area contributed by atoms with Crippen LogP contribution in [0.5, 0.6) is 0 Å². The van der Waals surface area contributed by atoms with Gasteiger partial charge >= 0.3 is 5.97 Å². The lowest BCUT2D eigenvalue weighted by Gasteiger charge is -2.23. The largest absolute Gasteiger partial charge is 0.480 e. The molecule has 8 heteroatoms. The third-order valence-electron chi connectivity index (χ3n) is 5.47. The molecule has 3 unspecified atom stereocenters. The molecule has 25 heavy (non-hydrogen) atoms. The van der Waals surface area contributed by atoms with Gasteiger partial charge in [0.15, 0.2) is 0 Å². The van der Waals surface area contributed by atoms with Crippen molar-refractivity contribution in [2.45, 2.75) is 25.3 Å². The molecule has 4 rings (SSSR count). The minimum Gasteiger partial charge on any atom is -0.480 e. The zero-order valence-electron chi connectivity index (χ0n) is 13.3. The standard InChI is InChI=1S/C17H17N3O5/c21-16(19-8-10-4-1-5-11(10)15(19)17(22)23)12-7-9-3-2-6-13(20(24)25)14(9)18-12/h2-3,6-7,10-11,15,18H,1,4-5,8H2,(H,22,23). The number of carboxylic acids is 1. The fraction of sp³-hybridized carbons (Fsp3) is 0.412. The summed E-state index contributed by atoms with van der Waals surface area (Å²) in [4.78, 5) is 39.5. The van der Waals surface area contributed by atoms with E-state index in [1.54, 1.807) is 18.2 Å². The summed E-state index contributed by atoms with van der Waals surface area (Å²) in [7, 11) is 0. The lowest BCUT2D eigenvalue weighted by molar-refractivity contribution is -0.383. The van der Waals surface area contributed by atoms with E-state index in [2.05, 4.69) is 4.98 Å². The number of likely N-dealkylation sites (tertiary alicyclic amines) is 1. The minimum atomic E-state index is -0.982. The summed E-state index contributed by atoms with van der Waals surface area (Å²) >= 11 is 0. The maximum Gasteiger partial charge on any atom is 0.326 e. The van der Waals surface area contributed by atoms with Crippen molar-refractivity contribution < 1.29 is 19.6 Å². The third kappa shape index (κ3) is 2.36. The predicted octanol–water partition coefficient (Wildman–Crippen LogP) is 2.40. The first-order chi connectivity index (χ1) is 12.0. The number of aromatic nitrogens is 1. The third-order valence-corrected chi connectivity index (χ3v) is 5.47. The van der Waals surface area contributed by atoms with Crippen molar-refractivity contribution in [1.82, 2.24) is 9.88 Å². The minimum absolute atomic E-state index is 0.000152. The number of rotatable bonds is 3. The number of H-pyrrole nitrogens is 1. The van der Waals surface area contributed by atoms with E-state index >= 15 is 0 Å². The van der Waals surface area contributed by atoms with Gasteiger partial charge in [0.25, 0.3) is 11.6 Å². The molecular formula is C17H17N3O5. The Balaban J connectivity index is 1.71. The molecule has 2 aromatic rings. The molecule has 2 N–H and O–H groups in total. The molecule has 1 saturated carbocycles. The highest BCUT2D eigenvalue weighted by atomic mass is 16.6. The molecule has 1 aromatic heterocycles. The first-order valence-electron chi connectivity index (χ1n) is 8.27. The average molecular weight is 343 g/mol. The van der Waals surface area contributed by atoms with Crippen molar-refractivity contribution in [2.24, 2.45) is 11.8 Å². The van der Waals surface area contributed by atoms with Gasteiger partial charge in [0, 0.05) is 18.0 Å². The Hall–Kier alpha value is -2.90. The number of aliphatic carboxylic acids is 1. The average Bonchev–Trinajstić information content (AvgIpc) is 3.25. The quantitative estimate of drug-likeness (QED) is 0.655. The van der Waals surface area contributed by atoms with Crippen LogP contribution >= 0.6 is 0 Å². The van der Waals surface area contributed by atoms with Crippen LogP contribution < -0.4 is 0 Å². The summed E-state index contributed by atoms with van der Waals surface area (Å²) in [5.41, 5.74) is 0.363. The summed E-state index contributed by atoms with van der Waals surface area (Å²) in [5, 5.41) is 21.3. The van der Waals surface area contributed by atoms with Gasteiger partial charge in [0.05, 0.1) is 4.92 Å². The molecule has 3 atom stereocenters. The predicted molar refractivity (Wildman–Crippen MR) is 88.2 cm³/mol. The highest BCUT2D eigenvalue weighted by Crippen LogP contribution is 2.42. The van der Waals surface area contributed by atoms with Crippen molar-refractivity contribution in [3.05, 3.63) is 40.1 Å². The molecule has 1 aromatic carbocycles. The second-order valence-electron chi connectivity index (χ2n) is 6.78. The van der Waals surface area contributed by atoms with E-state index < -0.39 is 22.8 Å². The summed E-state index contributed by atoms with van der Waals surface area (Å²) in [6.45, 7) is 0.428. The van der Waals surface area contributed by atoms with Crippen LogP contribution in [0.25, 0.3) is 10.9 Å². The van der Waals surface area contributed by atoms with E-state index in [1.807, 2.05) is 0 Å². The monoisotopic (exact) mass is 343 g/mol. The van der Waals surface area contributed by atoms with Gasteiger partial charge in [-0.3, -0.25) is 14.9 Å². The molecule has 0 radical (unpaired) electrons. The molecule has 8 nitrogen and oxygen atoms in total. The fourth-order valence-electron chi connectivity index (χ4n) is 4.39. The SMILES string of the molecule is O=C(O)C1C2CCCC2CN1C(=O)c1cc2cccc([N+](=O)[O-])c2[nH]1. The van der Waals surface area contributed by atoms with E-state index in [4.69, 9.17) is 0 Å².